The van der Waals surface area contributed by atoms with Crippen LogP contribution in [0.4, 0.5) is 0 Å². The molecule has 0 saturated heterocycles. The predicted octanol–water partition coefficient (Wildman–Crippen LogP) is 2.74. The van der Waals surface area contributed by atoms with Crippen molar-refractivity contribution in [3.63, 3.8) is 0 Å². The fourth-order valence-electron chi connectivity index (χ4n) is 1.57. The summed E-state index contributed by atoms with van der Waals surface area (Å²) in [5.41, 5.74) is 1.26. The Bertz CT molecular complexity index is 417. The van der Waals surface area contributed by atoms with Crippen molar-refractivity contribution in [2.45, 2.75) is 13.3 Å². The van der Waals surface area contributed by atoms with Gasteiger partial charge in [0.1, 0.15) is 0 Å². The molecular weight excluding hydrogens is 180 g/mol. The molecule has 0 aliphatic carbocycles. The number of fused-ring (bicyclic) bond motifs is 1. The zero-order chi connectivity index (χ0) is 9.26. The van der Waals surface area contributed by atoms with Crippen molar-refractivity contribution < 1.29 is 5.11 Å². The predicted molar refractivity (Wildman–Crippen MR) is 57.4 cm³/mol. The van der Waals surface area contributed by atoms with Crippen molar-refractivity contribution in [2.24, 2.45) is 0 Å². The van der Waals surface area contributed by atoms with E-state index in [1.807, 2.05) is 11.3 Å². The Morgan fingerprint density at radius 1 is 1.38 bits per heavy atom. The molecule has 2 heteroatoms. The molecule has 1 heterocycles. The maximum absolute atomic E-state index is 8.89. The van der Waals surface area contributed by atoms with Gasteiger partial charge in [0.25, 0.3) is 0 Å². The lowest BCUT2D eigenvalue weighted by atomic mass is 10.1. The van der Waals surface area contributed by atoms with Gasteiger partial charge in [0.05, 0.1) is 0 Å². The minimum absolute atomic E-state index is 0.232. The van der Waals surface area contributed by atoms with Crippen LogP contribution in [0.15, 0.2) is 24.3 Å². The molecular formula is C11H12OS. The molecule has 0 spiro atoms. The minimum Gasteiger partial charge on any atom is -0.396 e. The normalized spacial score (nSPS) is 10.9. The molecule has 0 bridgehead atoms. The number of benzene rings is 1. The quantitative estimate of drug-likeness (QED) is 0.775. The van der Waals surface area contributed by atoms with Gasteiger partial charge in [0, 0.05) is 16.2 Å². The molecule has 0 radical (unpaired) electrons. The summed E-state index contributed by atoms with van der Waals surface area (Å²) < 4.78 is 1.33. The number of aliphatic hydroxyl groups excluding tert-OH is 1. The Kier molecular flexibility index (Phi) is 2.34. The van der Waals surface area contributed by atoms with E-state index >= 15 is 0 Å². The maximum atomic E-state index is 8.89. The zero-order valence-corrected chi connectivity index (χ0v) is 8.40. The monoisotopic (exact) mass is 192 g/mol. The highest BCUT2D eigenvalue weighted by Gasteiger charge is 2.02. The second kappa shape index (κ2) is 3.48. The number of rotatable bonds is 2. The summed E-state index contributed by atoms with van der Waals surface area (Å²) in [5.74, 6) is 0. The first-order valence-electron chi connectivity index (χ1n) is 4.40. The van der Waals surface area contributed by atoms with Crippen LogP contribution in [0.1, 0.15) is 10.4 Å². The van der Waals surface area contributed by atoms with Crippen LogP contribution in [0.5, 0.6) is 0 Å². The van der Waals surface area contributed by atoms with Gasteiger partial charge in [0.2, 0.25) is 0 Å². The molecule has 2 rings (SSSR count). The SMILES string of the molecule is Cc1cc2cccc(CCO)c2s1. The lowest BCUT2D eigenvalue weighted by Gasteiger charge is -1.98. The highest BCUT2D eigenvalue weighted by molar-refractivity contribution is 7.19. The Labute approximate surface area is 81.6 Å². The highest BCUT2D eigenvalue weighted by atomic mass is 32.1. The summed E-state index contributed by atoms with van der Waals surface area (Å²) >= 11 is 1.81. The summed E-state index contributed by atoms with van der Waals surface area (Å²) in [7, 11) is 0. The van der Waals surface area contributed by atoms with Crippen LogP contribution >= 0.6 is 11.3 Å². The van der Waals surface area contributed by atoms with Gasteiger partial charge in [-0.3, -0.25) is 0 Å². The van der Waals surface area contributed by atoms with Crippen molar-refractivity contribution in [3.05, 3.63) is 34.7 Å². The van der Waals surface area contributed by atoms with Crippen molar-refractivity contribution >= 4 is 21.4 Å². The first-order chi connectivity index (χ1) is 6.31. The second-order valence-electron chi connectivity index (χ2n) is 3.17. The van der Waals surface area contributed by atoms with E-state index in [0.717, 1.165) is 6.42 Å². The van der Waals surface area contributed by atoms with Gasteiger partial charge in [-0.25, -0.2) is 0 Å². The Morgan fingerprint density at radius 3 is 3.00 bits per heavy atom. The summed E-state index contributed by atoms with van der Waals surface area (Å²) in [5, 5.41) is 10.2. The number of hydrogen-bond donors (Lipinski definition) is 1. The van der Waals surface area contributed by atoms with E-state index in [2.05, 4.69) is 31.2 Å². The van der Waals surface area contributed by atoms with Crippen LogP contribution in [-0.2, 0) is 6.42 Å². The molecule has 68 valence electrons. The summed E-state index contributed by atoms with van der Waals surface area (Å²) in [6.07, 6.45) is 0.761. The summed E-state index contributed by atoms with van der Waals surface area (Å²) in [6, 6.07) is 8.47. The second-order valence-corrected chi connectivity index (χ2v) is 4.42. The molecule has 0 unspecified atom stereocenters. The van der Waals surface area contributed by atoms with E-state index in [-0.39, 0.29) is 6.61 Å². The van der Waals surface area contributed by atoms with Gasteiger partial charge in [-0.15, -0.1) is 11.3 Å². The third-order valence-electron chi connectivity index (χ3n) is 2.13. The van der Waals surface area contributed by atoms with Gasteiger partial charge < -0.3 is 5.11 Å². The fraction of sp³-hybridized carbons (Fsp3) is 0.273. The van der Waals surface area contributed by atoms with Gasteiger partial charge >= 0.3 is 0 Å². The Hall–Kier alpha value is -0.860. The topological polar surface area (TPSA) is 20.2 Å². The zero-order valence-electron chi connectivity index (χ0n) is 7.58. The molecule has 0 atom stereocenters. The Morgan fingerprint density at radius 2 is 2.23 bits per heavy atom. The summed E-state index contributed by atoms with van der Waals surface area (Å²) in [6.45, 7) is 2.35. The number of thiophene rings is 1. The van der Waals surface area contributed by atoms with Crippen LogP contribution in [0.25, 0.3) is 10.1 Å². The van der Waals surface area contributed by atoms with Crippen LogP contribution in [0, 0.1) is 6.92 Å². The van der Waals surface area contributed by atoms with E-state index in [4.69, 9.17) is 5.11 Å². The highest BCUT2D eigenvalue weighted by Crippen LogP contribution is 2.28. The first kappa shape index (κ1) is 8.73. The standard InChI is InChI=1S/C11H12OS/c1-8-7-10-4-2-3-9(5-6-12)11(10)13-8/h2-4,7,12H,5-6H2,1H3. The van der Waals surface area contributed by atoms with Gasteiger partial charge in [-0.2, -0.15) is 0 Å². The molecule has 0 amide bonds. The van der Waals surface area contributed by atoms with Crippen molar-refractivity contribution in [3.8, 4) is 0 Å². The maximum Gasteiger partial charge on any atom is 0.0471 e. The van der Waals surface area contributed by atoms with Gasteiger partial charge in [-0.1, -0.05) is 18.2 Å². The molecule has 1 N–H and O–H groups in total. The number of aryl methyl sites for hydroxylation is 1. The molecule has 1 nitrogen and oxygen atoms in total. The van der Waals surface area contributed by atoms with Crippen molar-refractivity contribution in [1.82, 2.24) is 0 Å². The van der Waals surface area contributed by atoms with Crippen LogP contribution in [-0.4, -0.2) is 11.7 Å². The number of hydrogen-bond acceptors (Lipinski definition) is 2. The molecule has 0 fully saturated rings. The molecule has 0 aliphatic heterocycles. The lowest BCUT2D eigenvalue weighted by molar-refractivity contribution is 0.300. The average molecular weight is 192 g/mol. The van der Waals surface area contributed by atoms with E-state index in [0.29, 0.717) is 0 Å². The molecule has 0 saturated carbocycles. The average Bonchev–Trinajstić information content (AvgIpc) is 2.47. The van der Waals surface area contributed by atoms with Crippen LogP contribution < -0.4 is 0 Å². The lowest BCUT2D eigenvalue weighted by Crippen LogP contribution is -1.89. The van der Waals surface area contributed by atoms with E-state index in [1.54, 1.807) is 0 Å². The largest absolute Gasteiger partial charge is 0.396 e. The van der Waals surface area contributed by atoms with Crippen LogP contribution in [0.3, 0.4) is 0 Å². The molecule has 1 aromatic heterocycles. The molecule has 0 aliphatic rings. The summed E-state index contributed by atoms with van der Waals surface area (Å²) in [4.78, 5) is 1.33. The van der Waals surface area contributed by atoms with Gasteiger partial charge in [0.15, 0.2) is 0 Å². The molecule has 1 aromatic carbocycles. The minimum atomic E-state index is 0.232. The molecule has 13 heavy (non-hydrogen) atoms. The first-order valence-corrected chi connectivity index (χ1v) is 5.22. The van der Waals surface area contributed by atoms with E-state index in [1.165, 1.54) is 20.5 Å². The molecule has 2 aromatic rings. The fourth-order valence-corrected chi connectivity index (χ4v) is 2.62. The number of aliphatic hydroxyl groups is 1. The Balaban J connectivity index is 2.60. The third-order valence-corrected chi connectivity index (χ3v) is 3.27. The van der Waals surface area contributed by atoms with Crippen molar-refractivity contribution in [1.29, 1.82) is 0 Å². The van der Waals surface area contributed by atoms with Gasteiger partial charge in [-0.05, 0) is 30.4 Å². The smallest absolute Gasteiger partial charge is 0.0471 e. The van der Waals surface area contributed by atoms with E-state index < -0.39 is 0 Å². The van der Waals surface area contributed by atoms with Crippen LogP contribution in [0.2, 0.25) is 0 Å². The van der Waals surface area contributed by atoms with Crippen molar-refractivity contribution in [2.75, 3.05) is 6.61 Å². The third kappa shape index (κ3) is 1.60. The van der Waals surface area contributed by atoms with E-state index in [9.17, 15) is 0 Å².